The van der Waals surface area contributed by atoms with E-state index >= 15 is 0 Å². The molecule has 0 saturated carbocycles. The maximum Gasteiger partial charge on any atom is 0.253 e. The molecule has 19 heteroatoms. The largest absolute Gasteiger partial charge is 0.394 e. The van der Waals surface area contributed by atoms with Crippen LogP contribution in [0.5, 0.6) is 0 Å². The molecule has 2 heterocycles. The summed E-state index contributed by atoms with van der Waals surface area (Å²) in [5.41, 5.74) is 5.88. The number of hydrogen-bond donors (Lipinski definition) is 8. The molecule has 326 valence electrons. The molecule has 2 aliphatic heterocycles. The van der Waals surface area contributed by atoms with E-state index in [0.29, 0.717) is 45.1 Å². The first kappa shape index (κ1) is 49.6. The van der Waals surface area contributed by atoms with Gasteiger partial charge in [0.1, 0.15) is 24.4 Å². The van der Waals surface area contributed by atoms with Crippen molar-refractivity contribution >= 4 is 35.4 Å². The van der Waals surface area contributed by atoms with Gasteiger partial charge in [-0.05, 0) is 46.0 Å². The Kier molecular flexibility index (Phi) is 23.7. The minimum Gasteiger partial charge on any atom is -0.394 e. The predicted octanol–water partition coefficient (Wildman–Crippen LogP) is -1.00. The van der Waals surface area contributed by atoms with Gasteiger partial charge in [0.25, 0.3) is 11.8 Å². The molecule has 1 fully saturated rings. The summed E-state index contributed by atoms with van der Waals surface area (Å²) in [5, 5.41) is 40.5. The third-order valence-corrected chi connectivity index (χ3v) is 9.35. The van der Waals surface area contributed by atoms with Crippen LogP contribution in [0, 0.1) is 0 Å². The fourth-order valence-electron chi connectivity index (χ4n) is 5.95. The van der Waals surface area contributed by atoms with Crippen LogP contribution in [0.15, 0.2) is 12.2 Å². The standard InChI is InChI=1S/C38H66N6O13/c1-4-5-7-12-26(43-30(48)14-9-11-22-54-37-33(39)35(52)34(51)27(25-45)57-37)36(53)42-18-10-6-8-13-28(46)40-19-23-55-38(2,3)56-24-20-41-29(47)17-21-44-31(49)15-16-32(44)50/h15-16,26-27,33-35,37,45,51-52H,4-14,17-25,39H2,1-3H3,(H,40,46)(H,41,47)(H,42,53)(H,43,48)/t26-,27?,33-,34-,35?,37+/m0/s1. The Morgan fingerprint density at radius 3 is 2.05 bits per heavy atom. The second-order valence-corrected chi connectivity index (χ2v) is 14.5. The van der Waals surface area contributed by atoms with E-state index in [1.807, 2.05) is 0 Å². The Morgan fingerprint density at radius 1 is 0.807 bits per heavy atom. The number of rotatable bonds is 30. The molecule has 57 heavy (non-hydrogen) atoms. The Hall–Kier alpha value is -3.56. The normalized spacial score (nSPS) is 21.4. The van der Waals surface area contributed by atoms with Gasteiger partial charge in [0.2, 0.25) is 23.6 Å². The second kappa shape index (κ2) is 27.2. The Labute approximate surface area is 335 Å². The highest BCUT2D eigenvalue weighted by Gasteiger charge is 2.43. The molecule has 2 rings (SSSR count). The van der Waals surface area contributed by atoms with Crippen LogP contribution in [-0.4, -0.2) is 151 Å². The number of nitrogens with two attached hydrogens (primary N) is 1. The molecular formula is C38H66N6O13. The van der Waals surface area contributed by atoms with Gasteiger partial charge >= 0.3 is 0 Å². The number of nitrogens with one attached hydrogen (secondary N) is 4. The highest BCUT2D eigenvalue weighted by Crippen LogP contribution is 2.21. The summed E-state index contributed by atoms with van der Waals surface area (Å²) >= 11 is 0. The van der Waals surface area contributed by atoms with Crippen LogP contribution in [-0.2, 0) is 47.7 Å². The molecule has 1 saturated heterocycles. The minimum absolute atomic E-state index is 0.00616. The van der Waals surface area contributed by atoms with Gasteiger partial charge in [-0.2, -0.15) is 0 Å². The predicted molar refractivity (Wildman–Crippen MR) is 206 cm³/mol. The molecule has 0 radical (unpaired) electrons. The van der Waals surface area contributed by atoms with Crippen LogP contribution in [0.4, 0.5) is 0 Å². The van der Waals surface area contributed by atoms with Crippen molar-refractivity contribution in [3.8, 4) is 0 Å². The second-order valence-electron chi connectivity index (χ2n) is 14.5. The van der Waals surface area contributed by atoms with Crippen LogP contribution < -0.4 is 27.0 Å². The first-order valence-corrected chi connectivity index (χ1v) is 20.1. The van der Waals surface area contributed by atoms with Gasteiger partial charge in [-0.1, -0.05) is 32.6 Å². The molecule has 0 aromatic rings. The highest BCUT2D eigenvalue weighted by molar-refractivity contribution is 6.13. The monoisotopic (exact) mass is 814 g/mol. The van der Waals surface area contributed by atoms with Crippen molar-refractivity contribution in [3.63, 3.8) is 0 Å². The summed E-state index contributed by atoms with van der Waals surface area (Å²) in [7, 11) is 0. The molecular weight excluding hydrogens is 748 g/mol. The minimum atomic E-state index is -1.32. The number of imide groups is 1. The first-order valence-electron chi connectivity index (χ1n) is 20.1. The molecule has 0 aliphatic carbocycles. The molecule has 0 aromatic heterocycles. The Morgan fingerprint density at radius 2 is 1.42 bits per heavy atom. The van der Waals surface area contributed by atoms with E-state index in [-0.39, 0.29) is 75.9 Å². The van der Waals surface area contributed by atoms with Crippen LogP contribution >= 0.6 is 0 Å². The number of nitrogens with zero attached hydrogens (tertiary/aromatic N) is 1. The molecule has 0 spiro atoms. The Balaban J connectivity index is 1.53. The van der Waals surface area contributed by atoms with E-state index in [1.165, 1.54) is 12.2 Å². The smallest absolute Gasteiger partial charge is 0.253 e. The summed E-state index contributed by atoms with van der Waals surface area (Å²) in [6.45, 7) is 6.47. The van der Waals surface area contributed by atoms with Crippen molar-refractivity contribution in [1.29, 1.82) is 0 Å². The van der Waals surface area contributed by atoms with Gasteiger partial charge in [-0.3, -0.25) is 33.7 Å². The van der Waals surface area contributed by atoms with Gasteiger partial charge < -0.3 is 61.3 Å². The zero-order valence-corrected chi connectivity index (χ0v) is 33.7. The lowest BCUT2D eigenvalue weighted by Gasteiger charge is -2.40. The third kappa shape index (κ3) is 19.6. The summed E-state index contributed by atoms with van der Waals surface area (Å²) < 4.78 is 22.4. The summed E-state index contributed by atoms with van der Waals surface area (Å²) in [4.78, 5) is 74.0. The van der Waals surface area contributed by atoms with E-state index in [4.69, 9.17) is 24.7 Å². The third-order valence-electron chi connectivity index (χ3n) is 9.35. The average molecular weight is 815 g/mol. The van der Waals surface area contributed by atoms with E-state index in [9.17, 15) is 44.1 Å². The van der Waals surface area contributed by atoms with Crippen LogP contribution in [0.3, 0.4) is 0 Å². The van der Waals surface area contributed by atoms with Crippen LogP contribution in [0.1, 0.15) is 97.8 Å². The van der Waals surface area contributed by atoms with Crippen LogP contribution in [0.2, 0.25) is 0 Å². The fraction of sp³-hybridized carbons (Fsp3) is 0.789. The van der Waals surface area contributed by atoms with Crippen molar-refractivity contribution in [1.82, 2.24) is 26.2 Å². The van der Waals surface area contributed by atoms with Crippen molar-refractivity contribution in [2.75, 3.05) is 52.6 Å². The van der Waals surface area contributed by atoms with Crippen molar-refractivity contribution in [2.24, 2.45) is 5.73 Å². The van der Waals surface area contributed by atoms with Gasteiger partial charge in [0.15, 0.2) is 12.1 Å². The first-order chi connectivity index (χ1) is 27.2. The maximum absolute atomic E-state index is 12.9. The van der Waals surface area contributed by atoms with Crippen molar-refractivity contribution < 1.29 is 63.0 Å². The van der Waals surface area contributed by atoms with Gasteiger partial charge in [0, 0.05) is 64.2 Å². The van der Waals surface area contributed by atoms with Gasteiger partial charge in [0.05, 0.1) is 25.9 Å². The molecule has 6 amide bonds. The molecule has 0 aromatic carbocycles. The van der Waals surface area contributed by atoms with Crippen molar-refractivity contribution in [2.45, 2.75) is 140 Å². The summed E-state index contributed by atoms with van der Waals surface area (Å²) in [6.07, 6.45) is 4.36. The summed E-state index contributed by atoms with van der Waals surface area (Å²) in [6, 6.07) is -1.65. The van der Waals surface area contributed by atoms with E-state index < -0.39 is 60.9 Å². The van der Waals surface area contributed by atoms with Crippen molar-refractivity contribution in [3.05, 3.63) is 12.2 Å². The number of carbonyl (C=O) groups is 6. The molecule has 6 atom stereocenters. The van der Waals surface area contributed by atoms with Gasteiger partial charge in [-0.25, -0.2) is 0 Å². The van der Waals surface area contributed by atoms with E-state index in [2.05, 4.69) is 28.2 Å². The topological polar surface area (TPSA) is 277 Å². The lowest BCUT2D eigenvalue weighted by Crippen LogP contribution is -2.62. The number of carbonyl (C=O) groups excluding carboxylic acids is 6. The number of aliphatic hydroxyl groups is 3. The van der Waals surface area contributed by atoms with E-state index in [1.54, 1.807) is 13.8 Å². The zero-order chi connectivity index (χ0) is 42.2. The lowest BCUT2D eigenvalue weighted by molar-refractivity contribution is -0.265. The van der Waals surface area contributed by atoms with E-state index in [0.717, 1.165) is 30.6 Å². The number of hydrogen-bond acceptors (Lipinski definition) is 14. The highest BCUT2D eigenvalue weighted by atomic mass is 16.7. The maximum atomic E-state index is 12.9. The SMILES string of the molecule is CCCCC[C@H](NC(=O)CCCCO[C@@H]1OC(CO)[C@H](O)C(O)[C@@H]1N)C(=O)NCCCCCC(=O)NCCOC(C)(C)OCCNC(=O)CCN1C(=O)C=CC1=O. The fourth-order valence-corrected chi connectivity index (χ4v) is 5.95. The number of ether oxygens (including phenoxy) is 4. The molecule has 9 N–H and O–H groups in total. The Bertz CT molecular complexity index is 1280. The summed E-state index contributed by atoms with van der Waals surface area (Å²) in [5.74, 6) is -2.77. The number of amides is 6. The number of aliphatic hydroxyl groups excluding tert-OH is 3. The quantitative estimate of drug-likeness (QED) is 0.0246. The molecule has 19 nitrogen and oxygen atoms in total. The molecule has 2 aliphatic rings. The van der Waals surface area contributed by atoms with Gasteiger partial charge in [-0.15, -0.1) is 0 Å². The number of unbranched alkanes of at least 4 members (excludes halogenated alkanes) is 5. The van der Waals surface area contributed by atoms with Crippen LogP contribution in [0.25, 0.3) is 0 Å². The molecule has 2 unspecified atom stereocenters. The molecule has 0 bridgehead atoms. The average Bonchev–Trinajstić information content (AvgIpc) is 3.50. The lowest BCUT2D eigenvalue weighted by atomic mass is 9.98. The zero-order valence-electron chi connectivity index (χ0n) is 33.7.